The number of nitrogens with zero attached hydrogens (tertiary/aromatic N) is 2. The first-order valence-electron chi connectivity index (χ1n) is 3.98. The minimum absolute atomic E-state index is 0.336. The van der Waals surface area contributed by atoms with Crippen LogP contribution in [-0.4, -0.2) is 24.4 Å². The van der Waals surface area contributed by atoms with Gasteiger partial charge in [0.05, 0.1) is 12.3 Å². The second-order valence-electron chi connectivity index (χ2n) is 2.64. The molecule has 1 rings (SSSR count). The molecule has 0 aliphatic rings. The van der Waals surface area contributed by atoms with Gasteiger partial charge < -0.3 is 0 Å². The van der Waals surface area contributed by atoms with Gasteiger partial charge >= 0.3 is 0 Å². The Balaban J connectivity index is 2.85. The molecule has 0 unspecified atom stereocenters. The van der Waals surface area contributed by atoms with Gasteiger partial charge in [-0.1, -0.05) is 6.92 Å². The normalized spacial score (nSPS) is 10.9. The molecule has 0 saturated heterocycles. The molecule has 0 radical (unpaired) electrons. The maximum absolute atomic E-state index is 11.2. The van der Waals surface area contributed by atoms with Crippen molar-refractivity contribution in [2.45, 2.75) is 13.3 Å². The summed E-state index contributed by atoms with van der Waals surface area (Å²) in [4.78, 5) is 0. The number of nitrogens with one attached hydrogen (secondary N) is 2. The third kappa shape index (κ3) is 2.47. The van der Waals surface area contributed by atoms with Crippen LogP contribution in [0.4, 0.5) is 5.82 Å². The van der Waals surface area contributed by atoms with Crippen LogP contribution in [0, 0.1) is 11.3 Å². The van der Waals surface area contributed by atoms with Crippen molar-refractivity contribution in [3.05, 3.63) is 11.8 Å². The number of rotatable bonds is 4. The lowest BCUT2D eigenvalue weighted by molar-refractivity contribution is 0.604. The van der Waals surface area contributed by atoms with Gasteiger partial charge in [-0.05, 0) is 6.42 Å². The smallest absolute Gasteiger partial charge is 0.247 e. The molecule has 0 atom stereocenters. The first kappa shape index (κ1) is 10.5. The summed E-state index contributed by atoms with van der Waals surface area (Å²) in [5.74, 6) is -0.224. The molecule has 7 heteroatoms. The third-order valence-electron chi connectivity index (χ3n) is 1.61. The summed E-state index contributed by atoms with van der Waals surface area (Å²) >= 11 is 0. The van der Waals surface area contributed by atoms with Crippen LogP contribution in [0.5, 0.6) is 0 Å². The van der Waals surface area contributed by atoms with E-state index >= 15 is 0 Å². The molecule has 0 fully saturated rings. The summed E-state index contributed by atoms with van der Waals surface area (Å²) in [5.41, 5.74) is 0.770. The lowest BCUT2D eigenvalue weighted by Crippen LogP contribution is -2.16. The van der Waals surface area contributed by atoms with E-state index in [9.17, 15) is 8.42 Å². The van der Waals surface area contributed by atoms with Crippen LogP contribution < -0.4 is 4.72 Å². The number of anilines is 1. The molecular formula is C7H10N4O2S. The molecule has 1 aromatic rings. The van der Waals surface area contributed by atoms with E-state index in [2.05, 4.69) is 14.9 Å². The Morgan fingerprint density at radius 1 is 1.71 bits per heavy atom. The average molecular weight is 214 g/mol. The zero-order valence-electron chi connectivity index (χ0n) is 7.61. The number of hydrogen-bond donors (Lipinski definition) is 2. The fourth-order valence-corrected chi connectivity index (χ4v) is 1.67. The van der Waals surface area contributed by atoms with E-state index < -0.39 is 15.8 Å². The van der Waals surface area contributed by atoms with Crippen LogP contribution in [0.1, 0.15) is 12.5 Å². The summed E-state index contributed by atoms with van der Waals surface area (Å²) in [6.07, 6.45) is 2.21. The first-order chi connectivity index (χ1) is 6.59. The van der Waals surface area contributed by atoms with Crippen LogP contribution in [0.3, 0.4) is 0 Å². The van der Waals surface area contributed by atoms with Crippen LogP contribution in [0.15, 0.2) is 6.20 Å². The Bertz CT molecular complexity index is 443. The summed E-state index contributed by atoms with van der Waals surface area (Å²) in [6.45, 7) is 1.88. The molecule has 0 aliphatic heterocycles. The van der Waals surface area contributed by atoms with Gasteiger partial charge in [0.2, 0.25) is 10.0 Å². The molecule has 0 aliphatic carbocycles. The van der Waals surface area contributed by atoms with E-state index in [1.165, 1.54) is 0 Å². The number of sulfonamides is 1. The van der Waals surface area contributed by atoms with Crippen molar-refractivity contribution in [2.75, 3.05) is 10.5 Å². The molecular weight excluding hydrogens is 204 g/mol. The fourth-order valence-electron chi connectivity index (χ4n) is 0.944. The molecule has 0 saturated carbocycles. The maximum atomic E-state index is 11.2. The number of nitriles is 1. The van der Waals surface area contributed by atoms with Gasteiger partial charge in [-0.15, -0.1) is 0 Å². The Labute approximate surface area is 82.0 Å². The average Bonchev–Trinajstić information content (AvgIpc) is 2.50. The molecule has 0 aromatic carbocycles. The fraction of sp³-hybridized carbons (Fsp3) is 0.429. The zero-order valence-corrected chi connectivity index (χ0v) is 8.43. The van der Waals surface area contributed by atoms with Gasteiger partial charge in [0.15, 0.2) is 5.75 Å². The van der Waals surface area contributed by atoms with Crippen molar-refractivity contribution in [2.24, 2.45) is 0 Å². The summed E-state index contributed by atoms with van der Waals surface area (Å²) in [7, 11) is -3.57. The van der Waals surface area contributed by atoms with E-state index in [1.54, 1.807) is 12.3 Å². The molecule has 0 bridgehead atoms. The summed E-state index contributed by atoms with van der Waals surface area (Å²) in [5, 5.41) is 14.5. The van der Waals surface area contributed by atoms with Gasteiger partial charge in [0.25, 0.3) is 0 Å². The SMILES string of the molecule is CCc1cn[nH]c1NS(=O)(=O)CC#N. The zero-order chi connectivity index (χ0) is 10.6. The van der Waals surface area contributed by atoms with Crippen molar-refractivity contribution in [3.63, 3.8) is 0 Å². The number of hydrogen-bond acceptors (Lipinski definition) is 4. The van der Waals surface area contributed by atoms with E-state index in [0.29, 0.717) is 12.2 Å². The quantitative estimate of drug-likeness (QED) is 0.749. The predicted octanol–water partition coefficient (Wildman–Crippen LogP) is 0.237. The molecule has 14 heavy (non-hydrogen) atoms. The second kappa shape index (κ2) is 4.11. The number of aryl methyl sites for hydroxylation is 1. The molecule has 2 N–H and O–H groups in total. The molecule has 0 amide bonds. The van der Waals surface area contributed by atoms with Crippen LogP contribution in [-0.2, 0) is 16.4 Å². The Hall–Kier alpha value is -1.55. The van der Waals surface area contributed by atoms with E-state index in [1.807, 2.05) is 6.92 Å². The van der Waals surface area contributed by atoms with Crippen LogP contribution in [0.25, 0.3) is 0 Å². The topological polar surface area (TPSA) is 98.6 Å². The second-order valence-corrected chi connectivity index (χ2v) is 4.37. The summed E-state index contributed by atoms with van der Waals surface area (Å²) < 4.78 is 24.6. The number of aromatic nitrogens is 2. The predicted molar refractivity (Wildman–Crippen MR) is 51.0 cm³/mol. The Kier molecular flexibility index (Phi) is 3.09. The largest absolute Gasteiger partial charge is 0.267 e. The van der Waals surface area contributed by atoms with E-state index in [-0.39, 0.29) is 0 Å². The number of H-pyrrole nitrogens is 1. The Morgan fingerprint density at radius 2 is 2.43 bits per heavy atom. The van der Waals surface area contributed by atoms with Gasteiger partial charge in [-0.2, -0.15) is 10.4 Å². The monoisotopic (exact) mass is 214 g/mol. The highest BCUT2D eigenvalue weighted by atomic mass is 32.2. The van der Waals surface area contributed by atoms with Gasteiger partial charge in [0, 0.05) is 5.56 Å². The Morgan fingerprint density at radius 3 is 3.00 bits per heavy atom. The lowest BCUT2D eigenvalue weighted by Gasteiger charge is -2.03. The standard InChI is InChI=1S/C7H10N4O2S/c1-2-6-5-9-10-7(6)11-14(12,13)4-3-8/h5H,2,4H2,1H3,(H2,9,10,11). The maximum Gasteiger partial charge on any atom is 0.247 e. The minimum atomic E-state index is -3.57. The molecule has 1 aromatic heterocycles. The molecule has 0 spiro atoms. The first-order valence-corrected chi connectivity index (χ1v) is 5.64. The minimum Gasteiger partial charge on any atom is -0.267 e. The highest BCUT2D eigenvalue weighted by molar-refractivity contribution is 7.92. The van der Waals surface area contributed by atoms with Gasteiger partial charge in [-0.3, -0.25) is 9.82 Å². The molecule has 76 valence electrons. The van der Waals surface area contributed by atoms with Crippen LogP contribution in [0.2, 0.25) is 0 Å². The molecule has 1 heterocycles. The third-order valence-corrected chi connectivity index (χ3v) is 2.64. The lowest BCUT2D eigenvalue weighted by atomic mass is 10.3. The van der Waals surface area contributed by atoms with Gasteiger partial charge in [0.1, 0.15) is 5.82 Å². The highest BCUT2D eigenvalue weighted by Gasteiger charge is 2.12. The van der Waals surface area contributed by atoms with Crippen LogP contribution >= 0.6 is 0 Å². The molecule has 6 nitrogen and oxygen atoms in total. The van der Waals surface area contributed by atoms with E-state index in [4.69, 9.17) is 5.26 Å². The van der Waals surface area contributed by atoms with Crippen molar-refractivity contribution in [1.29, 1.82) is 5.26 Å². The summed E-state index contributed by atoms with van der Waals surface area (Å²) in [6, 6.07) is 1.57. The highest BCUT2D eigenvalue weighted by Crippen LogP contribution is 2.12. The van der Waals surface area contributed by atoms with E-state index in [0.717, 1.165) is 5.56 Å². The van der Waals surface area contributed by atoms with Gasteiger partial charge in [-0.25, -0.2) is 8.42 Å². The van der Waals surface area contributed by atoms with Crippen molar-refractivity contribution in [3.8, 4) is 6.07 Å². The number of aromatic amines is 1. The van der Waals surface area contributed by atoms with Crippen molar-refractivity contribution in [1.82, 2.24) is 10.2 Å². The van der Waals surface area contributed by atoms with Crippen molar-refractivity contribution >= 4 is 15.8 Å². The van der Waals surface area contributed by atoms with Crippen molar-refractivity contribution < 1.29 is 8.42 Å².